The maximum atomic E-state index is 10.4. The molecule has 0 fully saturated rings. The van der Waals surface area contributed by atoms with Crippen molar-refractivity contribution in [2.24, 2.45) is 0 Å². The third kappa shape index (κ3) is 2.54. The molecule has 17 heavy (non-hydrogen) atoms. The molecule has 88 valence electrons. The highest BCUT2D eigenvalue weighted by molar-refractivity contribution is 9.10. The van der Waals surface area contributed by atoms with E-state index < -0.39 is 6.10 Å². The van der Waals surface area contributed by atoms with Crippen molar-refractivity contribution in [3.63, 3.8) is 0 Å². The number of hydrogen-bond donors (Lipinski definition) is 1. The van der Waals surface area contributed by atoms with E-state index in [1.807, 2.05) is 43.3 Å². The van der Waals surface area contributed by atoms with Crippen molar-refractivity contribution < 1.29 is 5.11 Å². The van der Waals surface area contributed by atoms with Gasteiger partial charge in [-0.15, -0.1) is 0 Å². The average molecular weight is 312 g/mol. The van der Waals surface area contributed by atoms with Gasteiger partial charge in [-0.2, -0.15) is 0 Å². The van der Waals surface area contributed by atoms with Crippen molar-refractivity contribution in [2.45, 2.75) is 13.0 Å². The van der Waals surface area contributed by atoms with E-state index in [9.17, 15) is 5.11 Å². The first-order valence-corrected chi connectivity index (χ1v) is 6.46. The fourth-order valence-corrected chi connectivity index (χ4v) is 2.41. The van der Waals surface area contributed by atoms with Gasteiger partial charge in [-0.25, -0.2) is 0 Å². The van der Waals surface area contributed by atoms with Crippen molar-refractivity contribution in [3.05, 3.63) is 68.7 Å². The predicted molar refractivity (Wildman–Crippen MR) is 74.4 cm³/mol. The second-order valence-corrected chi connectivity index (χ2v) is 5.14. The van der Waals surface area contributed by atoms with E-state index in [0.29, 0.717) is 5.02 Å². The highest BCUT2D eigenvalue weighted by Gasteiger charge is 2.16. The maximum absolute atomic E-state index is 10.4. The number of rotatable bonds is 2. The number of halogens is 2. The summed E-state index contributed by atoms with van der Waals surface area (Å²) in [6.45, 7) is 1.97. The van der Waals surface area contributed by atoms with Crippen LogP contribution in [0, 0.1) is 6.92 Å². The SMILES string of the molecule is Cc1c(Br)cccc1C(O)c1ccccc1Cl. The van der Waals surface area contributed by atoms with Gasteiger partial charge >= 0.3 is 0 Å². The molecular formula is C14H12BrClO. The predicted octanol–water partition coefficient (Wildman–Crippen LogP) is 4.49. The molecule has 0 saturated heterocycles. The third-order valence-electron chi connectivity index (χ3n) is 2.80. The quantitative estimate of drug-likeness (QED) is 0.866. The van der Waals surface area contributed by atoms with Crippen molar-refractivity contribution >= 4 is 27.5 Å². The topological polar surface area (TPSA) is 20.2 Å². The van der Waals surface area contributed by atoms with Crippen molar-refractivity contribution in [3.8, 4) is 0 Å². The lowest BCUT2D eigenvalue weighted by Gasteiger charge is -2.16. The number of benzene rings is 2. The van der Waals surface area contributed by atoms with Crippen LogP contribution in [0.25, 0.3) is 0 Å². The Bertz CT molecular complexity index is 539. The van der Waals surface area contributed by atoms with Crippen LogP contribution in [0.5, 0.6) is 0 Å². The minimum Gasteiger partial charge on any atom is -0.384 e. The maximum Gasteiger partial charge on any atom is 0.106 e. The summed E-state index contributed by atoms with van der Waals surface area (Å²) in [6, 6.07) is 13.1. The molecule has 0 radical (unpaired) electrons. The van der Waals surface area contributed by atoms with E-state index >= 15 is 0 Å². The van der Waals surface area contributed by atoms with Crippen LogP contribution in [0.1, 0.15) is 22.8 Å². The summed E-state index contributed by atoms with van der Waals surface area (Å²) >= 11 is 9.55. The lowest BCUT2D eigenvalue weighted by Crippen LogP contribution is -2.03. The number of aliphatic hydroxyl groups excluding tert-OH is 1. The van der Waals surface area contributed by atoms with Gasteiger partial charge in [0.05, 0.1) is 0 Å². The Kier molecular flexibility index (Phi) is 3.87. The molecule has 1 N–H and O–H groups in total. The van der Waals surface area contributed by atoms with Gasteiger partial charge in [0.1, 0.15) is 6.10 Å². The van der Waals surface area contributed by atoms with Crippen LogP contribution in [-0.2, 0) is 0 Å². The molecular weight excluding hydrogens is 300 g/mol. The molecule has 0 saturated carbocycles. The van der Waals surface area contributed by atoms with Gasteiger partial charge < -0.3 is 5.11 Å². The molecule has 0 aliphatic heterocycles. The van der Waals surface area contributed by atoms with Crippen molar-refractivity contribution in [2.75, 3.05) is 0 Å². The van der Waals surface area contributed by atoms with Gasteiger partial charge in [0.2, 0.25) is 0 Å². The van der Waals surface area contributed by atoms with Crippen LogP contribution in [-0.4, -0.2) is 5.11 Å². The van der Waals surface area contributed by atoms with Gasteiger partial charge in [0.15, 0.2) is 0 Å². The summed E-state index contributed by atoms with van der Waals surface area (Å²) in [5.41, 5.74) is 2.63. The van der Waals surface area contributed by atoms with Crippen LogP contribution in [0.4, 0.5) is 0 Å². The van der Waals surface area contributed by atoms with E-state index in [0.717, 1.165) is 21.2 Å². The molecule has 0 bridgehead atoms. The first-order valence-electron chi connectivity index (χ1n) is 5.28. The largest absolute Gasteiger partial charge is 0.384 e. The molecule has 1 unspecified atom stereocenters. The first-order chi connectivity index (χ1) is 8.11. The summed E-state index contributed by atoms with van der Waals surface area (Å²) in [5, 5.41) is 11.0. The molecule has 2 rings (SSSR count). The Labute approximate surface area is 114 Å². The summed E-state index contributed by atoms with van der Waals surface area (Å²) in [7, 11) is 0. The molecule has 3 heteroatoms. The van der Waals surface area contributed by atoms with Crippen LogP contribution in [0.2, 0.25) is 5.02 Å². The first kappa shape index (κ1) is 12.6. The van der Waals surface area contributed by atoms with E-state index in [1.165, 1.54) is 0 Å². The Hall–Kier alpha value is -0.830. The van der Waals surface area contributed by atoms with Crippen molar-refractivity contribution in [1.82, 2.24) is 0 Å². The van der Waals surface area contributed by atoms with Crippen molar-refractivity contribution in [1.29, 1.82) is 0 Å². The molecule has 0 aliphatic carbocycles. The fraction of sp³-hybridized carbons (Fsp3) is 0.143. The lowest BCUT2D eigenvalue weighted by atomic mass is 9.97. The molecule has 0 heterocycles. The molecule has 1 nitrogen and oxygen atoms in total. The van der Waals surface area contributed by atoms with E-state index in [4.69, 9.17) is 11.6 Å². The minimum atomic E-state index is -0.693. The Morgan fingerprint density at radius 3 is 2.41 bits per heavy atom. The second-order valence-electron chi connectivity index (χ2n) is 3.88. The van der Waals surface area contributed by atoms with Crippen LogP contribution in [0.15, 0.2) is 46.9 Å². The van der Waals surface area contributed by atoms with Crippen LogP contribution < -0.4 is 0 Å². The highest BCUT2D eigenvalue weighted by atomic mass is 79.9. The molecule has 0 amide bonds. The van der Waals surface area contributed by atoms with E-state index in [1.54, 1.807) is 6.07 Å². The second kappa shape index (κ2) is 5.21. The molecule has 0 aliphatic rings. The monoisotopic (exact) mass is 310 g/mol. The van der Waals surface area contributed by atoms with Gasteiger partial charge in [0, 0.05) is 15.1 Å². The molecule has 2 aromatic carbocycles. The zero-order valence-electron chi connectivity index (χ0n) is 9.32. The summed E-state index contributed by atoms with van der Waals surface area (Å²) in [4.78, 5) is 0. The van der Waals surface area contributed by atoms with Gasteiger partial charge in [-0.1, -0.05) is 57.9 Å². The third-order valence-corrected chi connectivity index (χ3v) is 4.01. The zero-order chi connectivity index (χ0) is 12.4. The highest BCUT2D eigenvalue weighted by Crippen LogP contribution is 2.32. The Morgan fingerprint density at radius 2 is 1.71 bits per heavy atom. The van der Waals surface area contributed by atoms with E-state index in [2.05, 4.69) is 15.9 Å². The summed E-state index contributed by atoms with van der Waals surface area (Å²) in [5.74, 6) is 0. The van der Waals surface area contributed by atoms with Gasteiger partial charge in [0.25, 0.3) is 0 Å². The molecule has 1 atom stereocenters. The number of aliphatic hydroxyl groups is 1. The fourth-order valence-electron chi connectivity index (χ4n) is 1.78. The zero-order valence-corrected chi connectivity index (χ0v) is 11.7. The minimum absolute atomic E-state index is 0.583. The van der Waals surface area contributed by atoms with Crippen LogP contribution >= 0.6 is 27.5 Å². The van der Waals surface area contributed by atoms with E-state index in [-0.39, 0.29) is 0 Å². The molecule has 0 aromatic heterocycles. The smallest absolute Gasteiger partial charge is 0.106 e. The normalized spacial score (nSPS) is 12.5. The van der Waals surface area contributed by atoms with Gasteiger partial charge in [-0.05, 0) is 30.2 Å². The number of hydrogen-bond acceptors (Lipinski definition) is 1. The Morgan fingerprint density at radius 1 is 1.06 bits per heavy atom. The summed E-state index contributed by atoms with van der Waals surface area (Å²) in [6.07, 6.45) is -0.693. The Balaban J connectivity index is 2.48. The standard InChI is InChI=1S/C14H12BrClO/c1-9-10(6-4-7-12(9)15)14(17)11-5-2-3-8-13(11)16/h2-8,14,17H,1H3. The van der Waals surface area contributed by atoms with Gasteiger partial charge in [-0.3, -0.25) is 0 Å². The average Bonchev–Trinajstić information content (AvgIpc) is 2.32. The molecule has 0 spiro atoms. The summed E-state index contributed by atoms with van der Waals surface area (Å²) < 4.78 is 0.987. The molecule has 2 aromatic rings. The van der Waals surface area contributed by atoms with Crippen LogP contribution in [0.3, 0.4) is 0 Å². The lowest BCUT2D eigenvalue weighted by molar-refractivity contribution is 0.219.